The number of anilines is 2. The lowest BCUT2D eigenvalue weighted by Crippen LogP contribution is -2.14. The summed E-state index contributed by atoms with van der Waals surface area (Å²) in [5, 5.41) is 10.9. The van der Waals surface area contributed by atoms with E-state index in [0.717, 1.165) is 17.6 Å². The molecule has 0 aliphatic heterocycles. The van der Waals surface area contributed by atoms with Gasteiger partial charge < -0.3 is 4.74 Å². The van der Waals surface area contributed by atoms with E-state index in [9.17, 15) is 13.2 Å². The number of hydrogen-bond donors (Lipinski definition) is 2. The first-order valence-electron chi connectivity index (χ1n) is 7.99. The van der Waals surface area contributed by atoms with Crippen molar-refractivity contribution in [3.8, 4) is 16.3 Å². The van der Waals surface area contributed by atoms with Crippen molar-refractivity contribution in [1.29, 1.82) is 0 Å². The number of nitrogens with zero attached hydrogens (tertiary/aromatic N) is 3. The molecule has 0 saturated heterocycles. The van der Waals surface area contributed by atoms with E-state index in [1.54, 1.807) is 37.3 Å². The quantitative estimate of drug-likeness (QED) is 0.629. The van der Waals surface area contributed by atoms with E-state index in [0.29, 0.717) is 38.4 Å². The number of aromatic nitrogens is 3. The molecule has 28 heavy (non-hydrogen) atoms. The first-order valence-corrected chi connectivity index (χ1v) is 10.7. The molecule has 0 atom stereocenters. The van der Waals surface area contributed by atoms with Crippen molar-refractivity contribution in [2.45, 2.75) is 6.92 Å². The number of pyridine rings is 1. The second-order valence-electron chi connectivity index (χ2n) is 5.86. The van der Waals surface area contributed by atoms with E-state index in [-0.39, 0.29) is 0 Å². The smallest absolute Gasteiger partial charge is 0.295 e. The molecule has 9 nitrogen and oxygen atoms in total. The van der Waals surface area contributed by atoms with E-state index in [2.05, 4.69) is 25.2 Å². The van der Waals surface area contributed by atoms with Crippen LogP contribution in [0.25, 0.3) is 11.1 Å². The number of amides is 1. The highest BCUT2D eigenvalue weighted by Gasteiger charge is 2.17. The van der Waals surface area contributed by atoms with Gasteiger partial charge in [-0.2, -0.15) is 0 Å². The molecular weight excluding hydrogens is 402 g/mol. The number of rotatable bonds is 6. The minimum atomic E-state index is -3.42. The van der Waals surface area contributed by atoms with Crippen LogP contribution in [0, 0.1) is 6.92 Å². The number of sulfonamides is 1. The Kier molecular flexibility index (Phi) is 5.56. The molecule has 0 spiro atoms. The third-order valence-corrected chi connectivity index (χ3v) is 4.97. The summed E-state index contributed by atoms with van der Waals surface area (Å²) in [4.78, 5) is 17.0. The third-order valence-electron chi connectivity index (χ3n) is 3.56. The van der Waals surface area contributed by atoms with Gasteiger partial charge in [0.15, 0.2) is 0 Å². The van der Waals surface area contributed by atoms with Crippen LogP contribution in [0.15, 0.2) is 36.5 Å². The summed E-state index contributed by atoms with van der Waals surface area (Å²) >= 11 is 1.10. The van der Waals surface area contributed by atoms with Gasteiger partial charge >= 0.3 is 0 Å². The van der Waals surface area contributed by atoms with Crippen molar-refractivity contribution in [2.24, 2.45) is 0 Å². The SMILES string of the molecule is COc1nnc(NC(=O)c2cnc(C)cc2-c2cccc(NS(C)(=O)=O)c2)s1. The molecule has 1 aromatic carbocycles. The molecule has 0 aliphatic rings. The Balaban J connectivity index is 1.97. The van der Waals surface area contributed by atoms with Crippen LogP contribution in [0.2, 0.25) is 0 Å². The van der Waals surface area contributed by atoms with Crippen molar-refractivity contribution in [1.82, 2.24) is 15.2 Å². The summed E-state index contributed by atoms with van der Waals surface area (Å²) in [5.74, 6) is -0.414. The molecule has 2 heterocycles. The van der Waals surface area contributed by atoms with Gasteiger partial charge in [-0.15, -0.1) is 5.10 Å². The molecule has 0 saturated carbocycles. The maximum Gasteiger partial charge on any atom is 0.295 e. The lowest BCUT2D eigenvalue weighted by Gasteiger charge is -2.11. The second-order valence-corrected chi connectivity index (χ2v) is 8.55. The summed E-state index contributed by atoms with van der Waals surface area (Å²) in [6.07, 6.45) is 2.54. The van der Waals surface area contributed by atoms with Gasteiger partial charge in [-0.3, -0.25) is 19.8 Å². The fourth-order valence-electron chi connectivity index (χ4n) is 2.45. The molecule has 1 amide bonds. The highest BCUT2D eigenvalue weighted by atomic mass is 32.2. The number of hydrogen-bond acceptors (Lipinski definition) is 8. The molecule has 0 unspecified atom stereocenters. The molecule has 146 valence electrons. The van der Waals surface area contributed by atoms with Gasteiger partial charge in [0.2, 0.25) is 15.2 Å². The minimum absolute atomic E-state index is 0.292. The topological polar surface area (TPSA) is 123 Å². The molecule has 3 rings (SSSR count). The van der Waals surface area contributed by atoms with Crippen LogP contribution in [-0.2, 0) is 10.0 Å². The summed E-state index contributed by atoms with van der Waals surface area (Å²) in [6, 6.07) is 8.53. The zero-order valence-electron chi connectivity index (χ0n) is 15.3. The zero-order valence-corrected chi connectivity index (χ0v) is 16.9. The lowest BCUT2D eigenvalue weighted by molar-refractivity contribution is 0.102. The second kappa shape index (κ2) is 7.90. The molecule has 11 heteroatoms. The highest BCUT2D eigenvalue weighted by Crippen LogP contribution is 2.28. The van der Waals surface area contributed by atoms with Crippen LogP contribution >= 0.6 is 11.3 Å². The van der Waals surface area contributed by atoms with Crippen molar-refractivity contribution in [3.05, 3.63) is 47.8 Å². The maximum atomic E-state index is 12.8. The van der Waals surface area contributed by atoms with Crippen LogP contribution in [0.1, 0.15) is 16.1 Å². The van der Waals surface area contributed by atoms with Gasteiger partial charge in [0.25, 0.3) is 11.1 Å². The summed E-state index contributed by atoms with van der Waals surface area (Å²) in [6.45, 7) is 1.80. The molecule has 2 N–H and O–H groups in total. The first-order chi connectivity index (χ1) is 13.2. The largest absolute Gasteiger partial charge is 0.472 e. The van der Waals surface area contributed by atoms with Crippen molar-refractivity contribution in [3.63, 3.8) is 0 Å². The Bertz CT molecular complexity index is 1130. The van der Waals surface area contributed by atoms with E-state index in [1.807, 2.05) is 0 Å². The Morgan fingerprint density at radius 2 is 2.00 bits per heavy atom. The third kappa shape index (κ3) is 4.81. The van der Waals surface area contributed by atoms with Crippen LogP contribution in [0.4, 0.5) is 10.8 Å². The summed E-state index contributed by atoms with van der Waals surface area (Å²) in [5.41, 5.74) is 2.70. The van der Waals surface area contributed by atoms with E-state index >= 15 is 0 Å². The fraction of sp³-hybridized carbons (Fsp3) is 0.176. The standard InChI is InChI=1S/C17H17N5O4S2/c1-10-7-13(11-5-4-6-12(8-11)22-28(3,24)25)14(9-18-10)15(23)19-16-20-21-17(26-2)27-16/h4-9,22H,1-3H3,(H,19,20,23). The lowest BCUT2D eigenvalue weighted by atomic mass is 10.00. The van der Waals surface area contributed by atoms with Gasteiger partial charge in [0.05, 0.1) is 18.9 Å². The van der Waals surface area contributed by atoms with Gasteiger partial charge in [-0.25, -0.2) is 8.42 Å². The van der Waals surface area contributed by atoms with Crippen LogP contribution < -0.4 is 14.8 Å². The molecule has 0 bridgehead atoms. The predicted octanol–water partition coefficient (Wildman–Crippen LogP) is 2.54. The summed E-state index contributed by atoms with van der Waals surface area (Å²) in [7, 11) is -1.96. The summed E-state index contributed by atoms with van der Waals surface area (Å²) < 4.78 is 30.4. The first kappa shape index (κ1) is 19.7. The molecule has 0 aliphatic carbocycles. The average molecular weight is 419 g/mol. The van der Waals surface area contributed by atoms with Gasteiger partial charge in [-0.05, 0) is 47.6 Å². The van der Waals surface area contributed by atoms with E-state index < -0.39 is 15.9 Å². The van der Waals surface area contributed by atoms with Crippen LogP contribution in [0.3, 0.4) is 0 Å². The Hall–Kier alpha value is -3.05. The van der Waals surface area contributed by atoms with Crippen LogP contribution in [0.5, 0.6) is 5.19 Å². The van der Waals surface area contributed by atoms with Crippen LogP contribution in [-0.4, -0.2) is 42.9 Å². The Morgan fingerprint density at radius 1 is 1.21 bits per heavy atom. The number of benzene rings is 1. The molecule has 2 aromatic heterocycles. The normalized spacial score (nSPS) is 11.1. The molecule has 0 radical (unpaired) electrons. The number of carbonyl (C=O) groups excluding carboxylic acids is 1. The minimum Gasteiger partial charge on any atom is -0.472 e. The Labute approximate surface area is 165 Å². The number of nitrogens with one attached hydrogen (secondary N) is 2. The van der Waals surface area contributed by atoms with Crippen molar-refractivity contribution in [2.75, 3.05) is 23.4 Å². The number of aryl methyl sites for hydroxylation is 1. The number of ether oxygens (including phenoxy) is 1. The maximum absolute atomic E-state index is 12.8. The Morgan fingerprint density at radius 3 is 2.68 bits per heavy atom. The zero-order chi connectivity index (χ0) is 20.3. The van der Waals surface area contributed by atoms with Crippen molar-refractivity contribution < 1.29 is 17.9 Å². The van der Waals surface area contributed by atoms with Gasteiger partial charge in [0.1, 0.15) is 0 Å². The molecule has 3 aromatic rings. The van der Waals surface area contributed by atoms with E-state index in [4.69, 9.17) is 4.74 Å². The number of carbonyl (C=O) groups is 1. The highest BCUT2D eigenvalue weighted by molar-refractivity contribution is 7.92. The average Bonchev–Trinajstić information content (AvgIpc) is 3.08. The van der Waals surface area contributed by atoms with Gasteiger partial charge in [-0.1, -0.05) is 17.2 Å². The molecule has 0 fully saturated rings. The fourth-order valence-corrected chi connectivity index (χ4v) is 3.56. The van der Waals surface area contributed by atoms with Crippen molar-refractivity contribution >= 4 is 38.1 Å². The molecular formula is C17H17N5O4S2. The predicted molar refractivity (Wildman–Crippen MR) is 107 cm³/mol. The van der Waals surface area contributed by atoms with Gasteiger partial charge in [0, 0.05) is 17.6 Å². The monoisotopic (exact) mass is 419 g/mol. The van der Waals surface area contributed by atoms with E-state index in [1.165, 1.54) is 13.3 Å². The number of methoxy groups -OCH3 is 1.